The second-order valence-electron chi connectivity index (χ2n) is 2.46. The number of ether oxygens (including phenoxy) is 1. The van der Waals surface area contributed by atoms with Crippen molar-refractivity contribution in [1.29, 1.82) is 5.26 Å². The van der Waals surface area contributed by atoms with Crippen molar-refractivity contribution < 1.29 is 9.53 Å². The molecule has 0 spiro atoms. The minimum absolute atomic E-state index is 0.0818. The molecule has 0 saturated heterocycles. The zero-order valence-electron chi connectivity index (χ0n) is 7.94. The van der Waals surface area contributed by atoms with E-state index in [-0.39, 0.29) is 11.5 Å². The van der Waals surface area contributed by atoms with Crippen LogP contribution in [0.15, 0.2) is 24.0 Å². The standard InChI is InChI=1S/C9H12N2O2/c1-11(2)9(12)8(7-10)5-4-6-13-3/h4-6H,1-3H3. The summed E-state index contributed by atoms with van der Waals surface area (Å²) in [5.41, 5.74) is 0.0818. The van der Waals surface area contributed by atoms with Crippen LogP contribution in [0.3, 0.4) is 0 Å². The topological polar surface area (TPSA) is 53.3 Å². The molecular weight excluding hydrogens is 168 g/mol. The first-order valence-electron chi connectivity index (χ1n) is 3.65. The van der Waals surface area contributed by atoms with Crippen LogP contribution in [0.5, 0.6) is 0 Å². The molecule has 70 valence electrons. The first kappa shape index (κ1) is 11.2. The predicted molar refractivity (Wildman–Crippen MR) is 48.5 cm³/mol. The fraction of sp³-hybridized carbons (Fsp3) is 0.333. The van der Waals surface area contributed by atoms with Gasteiger partial charge in [-0.1, -0.05) is 0 Å². The molecule has 0 radical (unpaired) electrons. The Morgan fingerprint density at radius 2 is 2.15 bits per heavy atom. The minimum atomic E-state index is -0.316. The van der Waals surface area contributed by atoms with Gasteiger partial charge in [0.2, 0.25) is 0 Å². The maximum atomic E-state index is 11.2. The fourth-order valence-corrected chi connectivity index (χ4v) is 0.611. The van der Waals surface area contributed by atoms with Crippen molar-refractivity contribution in [3.63, 3.8) is 0 Å². The third-order valence-electron chi connectivity index (χ3n) is 1.23. The number of hydrogen-bond donors (Lipinski definition) is 0. The third-order valence-corrected chi connectivity index (χ3v) is 1.23. The van der Waals surface area contributed by atoms with Gasteiger partial charge in [0, 0.05) is 14.1 Å². The van der Waals surface area contributed by atoms with Gasteiger partial charge >= 0.3 is 0 Å². The van der Waals surface area contributed by atoms with Gasteiger partial charge in [-0.05, 0) is 12.2 Å². The van der Waals surface area contributed by atoms with E-state index in [0.717, 1.165) is 0 Å². The molecule has 0 fully saturated rings. The van der Waals surface area contributed by atoms with Crippen molar-refractivity contribution in [3.05, 3.63) is 24.0 Å². The Labute approximate surface area is 77.7 Å². The van der Waals surface area contributed by atoms with Crippen LogP contribution in [0.4, 0.5) is 0 Å². The molecule has 0 bridgehead atoms. The highest BCUT2D eigenvalue weighted by atomic mass is 16.5. The highest BCUT2D eigenvalue weighted by Gasteiger charge is 2.08. The number of carbonyl (C=O) groups is 1. The number of methoxy groups -OCH3 is 1. The number of allylic oxidation sites excluding steroid dienone is 2. The number of hydrogen-bond acceptors (Lipinski definition) is 3. The SMILES string of the molecule is COC=CC=C(C#N)C(=O)N(C)C. The lowest BCUT2D eigenvalue weighted by molar-refractivity contribution is -0.124. The summed E-state index contributed by atoms with van der Waals surface area (Å²) in [7, 11) is 4.67. The van der Waals surface area contributed by atoms with E-state index in [9.17, 15) is 4.79 Å². The summed E-state index contributed by atoms with van der Waals surface area (Å²) in [6.45, 7) is 0. The molecule has 0 heterocycles. The van der Waals surface area contributed by atoms with Crippen molar-refractivity contribution in [3.8, 4) is 6.07 Å². The maximum absolute atomic E-state index is 11.2. The largest absolute Gasteiger partial charge is 0.504 e. The van der Waals surface area contributed by atoms with Gasteiger partial charge in [-0.15, -0.1) is 0 Å². The smallest absolute Gasteiger partial charge is 0.263 e. The van der Waals surface area contributed by atoms with Crippen LogP contribution in [0.2, 0.25) is 0 Å². The van der Waals surface area contributed by atoms with E-state index in [0.29, 0.717) is 0 Å². The Bertz CT molecular complexity index is 272. The molecule has 1 amide bonds. The van der Waals surface area contributed by atoms with Crippen LogP contribution < -0.4 is 0 Å². The highest BCUT2D eigenvalue weighted by Crippen LogP contribution is 1.97. The van der Waals surface area contributed by atoms with E-state index < -0.39 is 0 Å². The first-order valence-corrected chi connectivity index (χ1v) is 3.65. The Kier molecular flexibility index (Phi) is 5.05. The van der Waals surface area contributed by atoms with E-state index in [1.807, 2.05) is 0 Å². The summed E-state index contributed by atoms with van der Waals surface area (Å²) in [5, 5.41) is 8.60. The lowest BCUT2D eigenvalue weighted by Crippen LogP contribution is -2.22. The molecule has 0 aliphatic heterocycles. The Balaban J connectivity index is 4.53. The fourth-order valence-electron chi connectivity index (χ4n) is 0.611. The van der Waals surface area contributed by atoms with Crippen LogP contribution in [0, 0.1) is 11.3 Å². The van der Waals surface area contributed by atoms with Crippen molar-refractivity contribution in [2.24, 2.45) is 0 Å². The van der Waals surface area contributed by atoms with Gasteiger partial charge in [-0.25, -0.2) is 0 Å². The molecule has 4 heteroatoms. The zero-order chi connectivity index (χ0) is 10.3. The molecule has 0 aromatic rings. The van der Waals surface area contributed by atoms with E-state index in [1.165, 1.54) is 30.4 Å². The van der Waals surface area contributed by atoms with Gasteiger partial charge in [0.25, 0.3) is 5.91 Å². The molecule has 13 heavy (non-hydrogen) atoms. The second kappa shape index (κ2) is 5.84. The first-order chi connectivity index (χ1) is 6.13. The molecule has 0 N–H and O–H groups in total. The molecule has 0 rings (SSSR count). The molecule has 0 aliphatic carbocycles. The Morgan fingerprint density at radius 1 is 1.54 bits per heavy atom. The molecule has 4 nitrogen and oxygen atoms in total. The van der Waals surface area contributed by atoms with Crippen LogP contribution in [0.1, 0.15) is 0 Å². The summed E-state index contributed by atoms with van der Waals surface area (Å²) in [4.78, 5) is 12.6. The normalized spacial score (nSPS) is 11.1. The molecule has 0 atom stereocenters. The quantitative estimate of drug-likeness (QED) is 0.278. The average Bonchev–Trinajstić information content (AvgIpc) is 2.11. The van der Waals surface area contributed by atoms with E-state index >= 15 is 0 Å². The molecule has 0 aliphatic rings. The monoisotopic (exact) mass is 180 g/mol. The van der Waals surface area contributed by atoms with Crippen molar-refractivity contribution >= 4 is 5.91 Å². The van der Waals surface area contributed by atoms with E-state index in [2.05, 4.69) is 4.74 Å². The Hall–Kier alpha value is -1.76. The van der Waals surface area contributed by atoms with Crippen molar-refractivity contribution in [2.45, 2.75) is 0 Å². The molecular formula is C9H12N2O2. The third kappa shape index (κ3) is 3.97. The molecule has 0 saturated carbocycles. The summed E-state index contributed by atoms with van der Waals surface area (Å²) < 4.78 is 4.62. The molecule has 0 unspecified atom stereocenters. The lowest BCUT2D eigenvalue weighted by atomic mass is 10.2. The van der Waals surface area contributed by atoms with Gasteiger partial charge < -0.3 is 9.64 Å². The van der Waals surface area contributed by atoms with E-state index in [4.69, 9.17) is 5.26 Å². The van der Waals surface area contributed by atoms with Crippen LogP contribution >= 0.6 is 0 Å². The van der Waals surface area contributed by atoms with E-state index in [1.54, 1.807) is 20.2 Å². The van der Waals surface area contributed by atoms with Gasteiger partial charge in [-0.2, -0.15) is 5.26 Å². The van der Waals surface area contributed by atoms with Gasteiger partial charge in [0.05, 0.1) is 13.4 Å². The zero-order valence-corrected chi connectivity index (χ0v) is 7.94. The second-order valence-corrected chi connectivity index (χ2v) is 2.46. The Morgan fingerprint density at radius 3 is 2.54 bits per heavy atom. The van der Waals surface area contributed by atoms with Gasteiger partial charge in [0.15, 0.2) is 0 Å². The predicted octanol–water partition coefficient (Wildman–Crippen LogP) is 0.685. The maximum Gasteiger partial charge on any atom is 0.263 e. The summed E-state index contributed by atoms with van der Waals surface area (Å²) in [6.07, 6.45) is 4.30. The van der Waals surface area contributed by atoms with Crippen molar-refractivity contribution in [2.75, 3.05) is 21.2 Å². The highest BCUT2D eigenvalue weighted by molar-refractivity contribution is 5.97. The molecule has 0 aromatic heterocycles. The summed E-state index contributed by atoms with van der Waals surface area (Å²) in [5.74, 6) is -0.316. The van der Waals surface area contributed by atoms with Gasteiger partial charge in [-0.3, -0.25) is 4.79 Å². The van der Waals surface area contributed by atoms with Gasteiger partial charge in [0.1, 0.15) is 11.6 Å². The van der Waals surface area contributed by atoms with Crippen LogP contribution in [0.25, 0.3) is 0 Å². The summed E-state index contributed by atoms with van der Waals surface area (Å²) in [6, 6.07) is 1.81. The number of amides is 1. The number of nitrogens with zero attached hydrogens (tertiary/aromatic N) is 2. The number of likely N-dealkylation sites (N-methyl/N-ethyl adjacent to an activating group) is 1. The number of rotatable bonds is 3. The number of nitriles is 1. The average molecular weight is 180 g/mol. The molecule has 0 aromatic carbocycles. The van der Waals surface area contributed by atoms with Crippen LogP contribution in [-0.2, 0) is 9.53 Å². The van der Waals surface area contributed by atoms with Crippen molar-refractivity contribution in [1.82, 2.24) is 4.90 Å². The number of carbonyl (C=O) groups excluding carboxylic acids is 1. The minimum Gasteiger partial charge on any atom is -0.504 e. The lowest BCUT2D eigenvalue weighted by Gasteiger charge is -2.07. The van der Waals surface area contributed by atoms with Crippen LogP contribution in [-0.4, -0.2) is 32.0 Å². The summed E-state index contributed by atoms with van der Waals surface area (Å²) >= 11 is 0.